The topological polar surface area (TPSA) is 47.3 Å². The van der Waals surface area contributed by atoms with Crippen molar-refractivity contribution in [2.24, 2.45) is 5.84 Å². The Morgan fingerprint density at radius 3 is 2.10 bits per heavy atom. The Kier molecular flexibility index (Phi) is 4.44. The number of ether oxygens (including phenoxy) is 1. The molecule has 3 nitrogen and oxygen atoms in total. The highest BCUT2D eigenvalue weighted by atomic mass is 19.1. The Morgan fingerprint density at radius 1 is 1.00 bits per heavy atom. The molecule has 0 spiro atoms. The minimum Gasteiger partial charge on any atom is -0.494 e. The number of halogens is 4. The second-order valence-electron chi connectivity index (χ2n) is 4.28. The van der Waals surface area contributed by atoms with Gasteiger partial charge in [0.15, 0.2) is 11.6 Å². The van der Waals surface area contributed by atoms with Crippen LogP contribution < -0.4 is 16.0 Å². The summed E-state index contributed by atoms with van der Waals surface area (Å²) in [6, 6.07) is 3.62. The van der Waals surface area contributed by atoms with Gasteiger partial charge < -0.3 is 4.74 Å². The number of hydrazine groups is 1. The largest absolute Gasteiger partial charge is 0.494 e. The Balaban J connectivity index is 2.52. The molecule has 0 bridgehead atoms. The highest BCUT2D eigenvalue weighted by Crippen LogP contribution is 2.29. The second kappa shape index (κ2) is 6.11. The van der Waals surface area contributed by atoms with Crippen LogP contribution in [0.1, 0.15) is 17.2 Å². The van der Waals surface area contributed by atoms with Crippen LogP contribution in [0.25, 0.3) is 0 Å². The first-order valence-electron chi connectivity index (χ1n) is 5.92. The number of hydrogen-bond donors (Lipinski definition) is 2. The van der Waals surface area contributed by atoms with Gasteiger partial charge in [-0.15, -0.1) is 0 Å². The molecule has 0 saturated carbocycles. The summed E-state index contributed by atoms with van der Waals surface area (Å²) >= 11 is 0. The van der Waals surface area contributed by atoms with Crippen molar-refractivity contribution in [1.82, 2.24) is 5.43 Å². The molecule has 1 unspecified atom stereocenters. The Hall–Kier alpha value is -2.12. The maximum Gasteiger partial charge on any atom is 0.165 e. The van der Waals surface area contributed by atoms with Gasteiger partial charge >= 0.3 is 0 Å². The molecule has 0 aliphatic carbocycles. The number of nitrogens with two attached hydrogens (primary N) is 1. The van der Waals surface area contributed by atoms with Crippen molar-refractivity contribution in [3.8, 4) is 5.75 Å². The van der Waals surface area contributed by atoms with Gasteiger partial charge in [-0.2, -0.15) is 0 Å². The predicted molar refractivity (Wildman–Crippen MR) is 68.4 cm³/mol. The van der Waals surface area contributed by atoms with E-state index in [1.807, 2.05) is 0 Å². The molecular weight excluding hydrogens is 288 g/mol. The summed E-state index contributed by atoms with van der Waals surface area (Å²) in [5.74, 6) is 1.29. The van der Waals surface area contributed by atoms with Gasteiger partial charge in [0.1, 0.15) is 17.5 Å². The Bertz CT molecular complexity index is 640. The van der Waals surface area contributed by atoms with Gasteiger partial charge in [0.2, 0.25) is 0 Å². The van der Waals surface area contributed by atoms with Crippen LogP contribution in [0, 0.1) is 23.3 Å². The van der Waals surface area contributed by atoms with Crippen LogP contribution in [-0.4, -0.2) is 7.11 Å². The summed E-state index contributed by atoms with van der Waals surface area (Å²) < 4.78 is 58.9. The van der Waals surface area contributed by atoms with Crippen LogP contribution in [0.3, 0.4) is 0 Å². The summed E-state index contributed by atoms with van der Waals surface area (Å²) in [6.07, 6.45) is 0. The minimum absolute atomic E-state index is 0.0189. The van der Waals surface area contributed by atoms with E-state index in [-0.39, 0.29) is 11.3 Å². The third kappa shape index (κ3) is 2.98. The Labute approximate surface area is 118 Å². The average molecular weight is 300 g/mol. The van der Waals surface area contributed by atoms with Crippen LogP contribution in [0.5, 0.6) is 5.75 Å². The van der Waals surface area contributed by atoms with Gasteiger partial charge in [0.05, 0.1) is 13.2 Å². The lowest BCUT2D eigenvalue weighted by Crippen LogP contribution is -2.30. The molecular formula is C14H12F4N2O. The van der Waals surface area contributed by atoms with E-state index >= 15 is 0 Å². The van der Waals surface area contributed by atoms with Crippen molar-refractivity contribution in [2.75, 3.05) is 7.11 Å². The molecule has 0 aliphatic rings. The summed E-state index contributed by atoms with van der Waals surface area (Å²) in [6.45, 7) is 0. The molecule has 0 fully saturated rings. The molecule has 2 aromatic carbocycles. The van der Waals surface area contributed by atoms with Crippen LogP contribution in [-0.2, 0) is 0 Å². The van der Waals surface area contributed by atoms with E-state index in [0.717, 1.165) is 6.07 Å². The van der Waals surface area contributed by atoms with Crippen LogP contribution in [0.4, 0.5) is 17.6 Å². The first-order chi connectivity index (χ1) is 9.97. The SMILES string of the molecule is COc1ccc(C(NN)c2c(F)cc(F)cc2F)cc1F. The molecule has 7 heteroatoms. The minimum atomic E-state index is -1.17. The lowest BCUT2D eigenvalue weighted by Gasteiger charge is -2.19. The van der Waals surface area contributed by atoms with Crippen LogP contribution in [0.2, 0.25) is 0 Å². The van der Waals surface area contributed by atoms with Gasteiger partial charge in [0.25, 0.3) is 0 Å². The second-order valence-corrected chi connectivity index (χ2v) is 4.28. The summed E-state index contributed by atoms with van der Waals surface area (Å²) in [7, 11) is 1.29. The van der Waals surface area contributed by atoms with E-state index in [0.29, 0.717) is 12.1 Å². The monoisotopic (exact) mass is 300 g/mol. The van der Waals surface area contributed by atoms with E-state index in [1.54, 1.807) is 0 Å². The molecule has 2 aromatic rings. The number of rotatable bonds is 4. The molecule has 0 amide bonds. The molecule has 21 heavy (non-hydrogen) atoms. The van der Waals surface area contributed by atoms with Crippen molar-refractivity contribution in [2.45, 2.75) is 6.04 Å². The number of hydrogen-bond acceptors (Lipinski definition) is 3. The van der Waals surface area contributed by atoms with E-state index < -0.39 is 34.9 Å². The fraction of sp³-hybridized carbons (Fsp3) is 0.143. The normalized spacial score (nSPS) is 12.3. The van der Waals surface area contributed by atoms with Gasteiger partial charge in [-0.1, -0.05) is 6.07 Å². The van der Waals surface area contributed by atoms with E-state index in [1.165, 1.54) is 19.2 Å². The summed E-state index contributed by atoms with van der Waals surface area (Å²) in [5.41, 5.74) is 1.86. The van der Waals surface area contributed by atoms with Crippen molar-refractivity contribution >= 4 is 0 Å². The third-order valence-corrected chi connectivity index (χ3v) is 3.01. The van der Waals surface area contributed by atoms with Crippen molar-refractivity contribution < 1.29 is 22.3 Å². The first kappa shape index (κ1) is 15.3. The summed E-state index contributed by atoms with van der Waals surface area (Å²) in [5, 5.41) is 0. The first-order valence-corrected chi connectivity index (χ1v) is 5.92. The maximum absolute atomic E-state index is 13.8. The predicted octanol–water partition coefficient (Wildman–Crippen LogP) is 2.80. The lowest BCUT2D eigenvalue weighted by atomic mass is 9.98. The highest BCUT2D eigenvalue weighted by Gasteiger charge is 2.23. The highest BCUT2D eigenvalue weighted by molar-refractivity contribution is 5.37. The third-order valence-electron chi connectivity index (χ3n) is 3.01. The van der Waals surface area contributed by atoms with Gasteiger partial charge in [-0.25, -0.2) is 23.0 Å². The molecule has 0 radical (unpaired) electrons. The Morgan fingerprint density at radius 2 is 1.62 bits per heavy atom. The van der Waals surface area contributed by atoms with E-state index in [2.05, 4.69) is 5.43 Å². The average Bonchev–Trinajstić information content (AvgIpc) is 2.42. The van der Waals surface area contributed by atoms with E-state index in [9.17, 15) is 17.6 Å². The molecule has 112 valence electrons. The van der Waals surface area contributed by atoms with Crippen LogP contribution in [0.15, 0.2) is 30.3 Å². The fourth-order valence-electron chi connectivity index (χ4n) is 2.04. The maximum atomic E-state index is 13.8. The molecule has 0 aliphatic heterocycles. The van der Waals surface area contributed by atoms with Gasteiger partial charge in [-0.05, 0) is 17.7 Å². The standard InChI is InChI=1S/C14H12F4N2O/c1-21-12-3-2-7(4-9(12)16)14(20-19)13-10(17)5-8(15)6-11(13)18/h2-6,14,20H,19H2,1H3. The fourth-order valence-corrected chi connectivity index (χ4v) is 2.04. The molecule has 2 rings (SSSR count). The van der Waals surface area contributed by atoms with Crippen LogP contribution >= 0.6 is 0 Å². The molecule has 1 atom stereocenters. The van der Waals surface area contributed by atoms with Gasteiger partial charge in [0, 0.05) is 17.7 Å². The lowest BCUT2D eigenvalue weighted by molar-refractivity contribution is 0.385. The van der Waals surface area contributed by atoms with Gasteiger partial charge in [-0.3, -0.25) is 5.84 Å². The zero-order valence-electron chi connectivity index (χ0n) is 11.0. The number of benzene rings is 2. The zero-order chi connectivity index (χ0) is 15.6. The number of nitrogens with one attached hydrogen (secondary N) is 1. The van der Waals surface area contributed by atoms with E-state index in [4.69, 9.17) is 10.6 Å². The molecule has 3 N–H and O–H groups in total. The van der Waals surface area contributed by atoms with Crippen molar-refractivity contribution in [3.05, 3.63) is 64.7 Å². The molecule has 0 heterocycles. The number of methoxy groups -OCH3 is 1. The smallest absolute Gasteiger partial charge is 0.165 e. The molecule has 0 saturated heterocycles. The molecule has 0 aromatic heterocycles. The quantitative estimate of drug-likeness (QED) is 0.518. The summed E-state index contributed by atoms with van der Waals surface area (Å²) in [4.78, 5) is 0. The van der Waals surface area contributed by atoms with Crippen molar-refractivity contribution in [1.29, 1.82) is 0 Å². The van der Waals surface area contributed by atoms with Crippen molar-refractivity contribution in [3.63, 3.8) is 0 Å². The zero-order valence-corrected chi connectivity index (χ0v) is 11.0.